The standard InChI is InChI=1S/2C5H8.2CO.Mo/c2*1-4-5(2)3;2*1-2;/h2*4H,1-2H2,3H3;;;. The molecule has 0 aliphatic heterocycles. The van der Waals surface area contributed by atoms with Gasteiger partial charge in [0, 0.05) is 21.1 Å². The second-order valence-electron chi connectivity index (χ2n) is 2.10. The third-order valence-electron chi connectivity index (χ3n) is 0.697. The molecule has 0 fully saturated rings. The average molecular weight is 288 g/mol. The van der Waals surface area contributed by atoms with Crippen LogP contribution in [-0.2, 0) is 30.4 Å². The van der Waals surface area contributed by atoms with Crippen LogP contribution in [0, 0.1) is 13.3 Å². The largest absolute Gasteiger partial charge is 0 e. The van der Waals surface area contributed by atoms with Gasteiger partial charge in [-0.05, 0) is 13.8 Å². The van der Waals surface area contributed by atoms with E-state index in [1.54, 1.807) is 12.2 Å². The van der Waals surface area contributed by atoms with Gasteiger partial charge in [-0.3, -0.25) is 0 Å². The van der Waals surface area contributed by atoms with Crippen LogP contribution in [0.3, 0.4) is 0 Å². The Labute approximate surface area is 107 Å². The zero-order valence-electron chi connectivity index (χ0n) is 9.21. The maximum Gasteiger partial charge on any atom is 0 e. The van der Waals surface area contributed by atoms with Crippen molar-refractivity contribution < 1.29 is 30.4 Å². The average Bonchev–Trinajstić information content (AvgIpc) is 2.24. The zero-order valence-corrected chi connectivity index (χ0v) is 11.2. The Morgan fingerprint density at radius 3 is 0.933 bits per heavy atom. The summed E-state index contributed by atoms with van der Waals surface area (Å²) in [6, 6.07) is 0. The fourth-order valence-electron chi connectivity index (χ4n) is 0. The summed E-state index contributed by atoms with van der Waals surface area (Å²) < 4.78 is 15.0. The molecule has 0 aliphatic carbocycles. The summed E-state index contributed by atoms with van der Waals surface area (Å²) in [5.74, 6) is 0. The van der Waals surface area contributed by atoms with Crippen LogP contribution in [0.15, 0.2) is 49.6 Å². The first-order valence-electron chi connectivity index (χ1n) is 3.51. The van der Waals surface area contributed by atoms with E-state index >= 15 is 0 Å². The number of allylic oxidation sites excluding steroid dienone is 4. The van der Waals surface area contributed by atoms with E-state index in [9.17, 15) is 0 Å². The van der Waals surface area contributed by atoms with Crippen molar-refractivity contribution in [3.8, 4) is 0 Å². The van der Waals surface area contributed by atoms with Gasteiger partial charge in [-0.1, -0.05) is 49.6 Å². The molecule has 2 nitrogen and oxygen atoms in total. The van der Waals surface area contributed by atoms with Crippen molar-refractivity contribution in [2.24, 2.45) is 0 Å². The molecule has 0 spiro atoms. The Kier molecular flexibility index (Phi) is 74.0. The summed E-state index contributed by atoms with van der Waals surface area (Å²) in [5.41, 5.74) is 2.04. The Morgan fingerprint density at radius 2 is 0.933 bits per heavy atom. The molecule has 0 unspecified atom stereocenters. The molecule has 82 valence electrons. The summed E-state index contributed by atoms with van der Waals surface area (Å²) in [6.07, 6.45) is 3.44. The summed E-state index contributed by atoms with van der Waals surface area (Å²) in [6.45, 7) is 26.9. The van der Waals surface area contributed by atoms with Crippen LogP contribution in [0.5, 0.6) is 0 Å². The molecular weight excluding hydrogens is 272 g/mol. The van der Waals surface area contributed by atoms with Gasteiger partial charge in [0.15, 0.2) is 0 Å². The smallest absolute Gasteiger partial charge is 0 e. The summed E-state index contributed by atoms with van der Waals surface area (Å²) >= 11 is 0. The van der Waals surface area contributed by atoms with E-state index in [-0.39, 0.29) is 21.1 Å². The van der Waals surface area contributed by atoms with E-state index in [0.717, 1.165) is 11.1 Å². The first-order valence-corrected chi connectivity index (χ1v) is 3.51. The van der Waals surface area contributed by atoms with Gasteiger partial charge in [0.25, 0.3) is 0 Å². The minimum absolute atomic E-state index is 0. The maximum absolute atomic E-state index is 7.50. The predicted octanol–water partition coefficient (Wildman–Crippen LogP) is 3.42. The second kappa shape index (κ2) is 38.0. The Morgan fingerprint density at radius 1 is 0.867 bits per heavy atom. The van der Waals surface area contributed by atoms with E-state index in [1.807, 2.05) is 13.8 Å². The molecule has 0 N–H and O–H groups in total. The van der Waals surface area contributed by atoms with Gasteiger partial charge in [-0.15, -0.1) is 0 Å². The third kappa shape index (κ3) is 166. The monoisotopic (exact) mass is 290 g/mol. The fourth-order valence-corrected chi connectivity index (χ4v) is 0. The van der Waals surface area contributed by atoms with Crippen molar-refractivity contribution in [2.75, 3.05) is 0 Å². The van der Waals surface area contributed by atoms with Crippen LogP contribution in [0.4, 0.5) is 0 Å². The van der Waals surface area contributed by atoms with Crippen molar-refractivity contribution in [1.29, 1.82) is 0 Å². The Balaban J connectivity index is -0.0000000318. The van der Waals surface area contributed by atoms with Gasteiger partial charge in [0.2, 0.25) is 0 Å². The molecule has 0 bridgehead atoms. The number of rotatable bonds is 2. The topological polar surface area (TPSA) is 39.8 Å². The molecule has 0 saturated carbocycles. The van der Waals surface area contributed by atoms with Crippen LogP contribution in [0.25, 0.3) is 0 Å². The van der Waals surface area contributed by atoms with Gasteiger partial charge in [-0.2, -0.15) is 0 Å². The summed E-state index contributed by atoms with van der Waals surface area (Å²) in [4.78, 5) is 0. The molecule has 15 heavy (non-hydrogen) atoms. The molecule has 0 aromatic heterocycles. The van der Waals surface area contributed by atoms with Crippen LogP contribution in [0.2, 0.25) is 0 Å². The van der Waals surface area contributed by atoms with Crippen molar-refractivity contribution in [3.05, 3.63) is 62.9 Å². The molecule has 0 amide bonds. The van der Waals surface area contributed by atoms with Crippen molar-refractivity contribution in [3.63, 3.8) is 0 Å². The molecule has 0 heterocycles. The molecule has 0 rings (SSSR count). The summed E-state index contributed by atoms with van der Waals surface area (Å²) in [5, 5.41) is 0. The zero-order chi connectivity index (χ0) is 12.6. The molecule has 0 radical (unpaired) electrons. The van der Waals surface area contributed by atoms with E-state index in [4.69, 9.17) is 9.30 Å². The minimum atomic E-state index is 0. The van der Waals surface area contributed by atoms with Gasteiger partial charge >= 0.3 is 22.6 Å². The molecular formula is C12H16MoO2. The first-order chi connectivity index (χ1) is 6.54. The van der Waals surface area contributed by atoms with Crippen molar-refractivity contribution in [2.45, 2.75) is 13.8 Å². The van der Waals surface area contributed by atoms with E-state index in [1.165, 1.54) is 0 Å². The van der Waals surface area contributed by atoms with E-state index in [0.29, 0.717) is 0 Å². The second-order valence-corrected chi connectivity index (χ2v) is 2.10. The maximum atomic E-state index is 7.50. The van der Waals surface area contributed by atoms with Crippen molar-refractivity contribution >= 4 is 0 Å². The molecule has 0 saturated heterocycles. The minimum Gasteiger partial charge on any atom is 0 e. The Hall–Kier alpha value is -0.872. The predicted molar refractivity (Wildman–Crippen MR) is 57.9 cm³/mol. The Bertz CT molecular complexity index is 188. The van der Waals surface area contributed by atoms with Gasteiger partial charge in [-0.25, -0.2) is 0 Å². The molecule has 0 atom stereocenters. The molecule has 0 aromatic carbocycles. The molecule has 0 aliphatic rings. The van der Waals surface area contributed by atoms with Gasteiger partial charge < -0.3 is 0 Å². The number of hydrogen-bond acceptors (Lipinski definition) is 0. The normalized spacial score (nSPS) is 4.67. The quantitative estimate of drug-likeness (QED) is 0.323. The van der Waals surface area contributed by atoms with Crippen LogP contribution in [0.1, 0.15) is 13.8 Å². The van der Waals surface area contributed by atoms with Crippen LogP contribution < -0.4 is 0 Å². The van der Waals surface area contributed by atoms with Crippen LogP contribution in [-0.4, -0.2) is 0 Å². The van der Waals surface area contributed by atoms with E-state index < -0.39 is 0 Å². The summed E-state index contributed by atoms with van der Waals surface area (Å²) in [7, 11) is 0. The number of hydrogen-bond donors (Lipinski definition) is 0. The van der Waals surface area contributed by atoms with Gasteiger partial charge in [0.05, 0.1) is 0 Å². The third-order valence-corrected chi connectivity index (χ3v) is 0.697. The fraction of sp³-hybridized carbons (Fsp3) is 0.167. The first kappa shape index (κ1) is 29.2. The van der Waals surface area contributed by atoms with Crippen LogP contribution >= 0.6 is 0 Å². The van der Waals surface area contributed by atoms with Crippen molar-refractivity contribution in [1.82, 2.24) is 0 Å². The molecule has 3 heteroatoms. The van der Waals surface area contributed by atoms with Gasteiger partial charge in [0.1, 0.15) is 0 Å². The molecule has 0 aromatic rings. The SMILES string of the molecule is C=CC(=C)C.C=CC(=C)C.[C-]#[O+].[C-]#[O+].[Mo]. The van der Waals surface area contributed by atoms with E-state index in [2.05, 4.69) is 39.6 Å².